The fraction of sp³-hybridized carbons (Fsp3) is 0.0476. The van der Waals surface area contributed by atoms with Crippen molar-refractivity contribution in [1.29, 1.82) is 0 Å². The van der Waals surface area contributed by atoms with Crippen LogP contribution in [-0.4, -0.2) is 14.4 Å². The van der Waals surface area contributed by atoms with Crippen molar-refractivity contribution in [1.82, 2.24) is 14.4 Å². The maximum absolute atomic E-state index is 4.96. The van der Waals surface area contributed by atoms with Crippen LogP contribution in [0.2, 0.25) is 0 Å². The van der Waals surface area contributed by atoms with Gasteiger partial charge in [-0.1, -0.05) is 54.1 Å². The summed E-state index contributed by atoms with van der Waals surface area (Å²) < 4.78 is 2.13. The lowest BCUT2D eigenvalue weighted by Gasteiger charge is -2.07. The molecule has 0 atom stereocenters. The van der Waals surface area contributed by atoms with Gasteiger partial charge < -0.3 is 0 Å². The molecule has 3 aromatic heterocycles. The summed E-state index contributed by atoms with van der Waals surface area (Å²) >= 11 is 0. The third-order valence-corrected chi connectivity index (χ3v) is 4.47. The quantitative estimate of drug-likeness (QED) is 0.435. The molecule has 0 aliphatic carbocycles. The van der Waals surface area contributed by atoms with Gasteiger partial charge in [0.15, 0.2) is 0 Å². The van der Waals surface area contributed by atoms with Gasteiger partial charge in [-0.3, -0.25) is 4.40 Å². The van der Waals surface area contributed by atoms with Crippen LogP contribution in [0.1, 0.15) is 5.56 Å². The van der Waals surface area contributed by atoms with Crippen molar-refractivity contribution in [3.05, 3.63) is 78.5 Å². The number of benzene rings is 2. The minimum absolute atomic E-state index is 0.944. The Bertz CT molecular complexity index is 1200. The Kier molecular flexibility index (Phi) is 2.71. The summed E-state index contributed by atoms with van der Waals surface area (Å²) in [4.78, 5) is 9.83. The summed E-state index contributed by atoms with van der Waals surface area (Å²) in [5.41, 5.74) is 7.32. The molecular formula is C21H15N3. The molecule has 3 nitrogen and oxygen atoms in total. The summed E-state index contributed by atoms with van der Waals surface area (Å²) in [5, 5.41) is 1.09. The first-order chi connectivity index (χ1) is 11.8. The highest BCUT2D eigenvalue weighted by molar-refractivity contribution is 6.08. The molecule has 0 saturated heterocycles. The highest BCUT2D eigenvalue weighted by Gasteiger charge is 2.15. The molecule has 114 valence electrons. The van der Waals surface area contributed by atoms with Gasteiger partial charge in [-0.2, -0.15) is 0 Å². The second kappa shape index (κ2) is 4.90. The van der Waals surface area contributed by atoms with Crippen molar-refractivity contribution in [3.8, 4) is 11.3 Å². The zero-order valence-electron chi connectivity index (χ0n) is 13.3. The highest BCUT2D eigenvalue weighted by atomic mass is 15.0. The first-order valence-corrected chi connectivity index (χ1v) is 8.04. The second-order valence-corrected chi connectivity index (χ2v) is 6.08. The summed E-state index contributed by atoms with van der Waals surface area (Å²) in [6.45, 7) is 2.10. The first kappa shape index (κ1) is 13.3. The lowest BCUT2D eigenvalue weighted by molar-refractivity contribution is 1.22. The van der Waals surface area contributed by atoms with Crippen LogP contribution in [0.15, 0.2) is 72.9 Å². The largest absolute Gasteiger partial charge is 0.298 e. The lowest BCUT2D eigenvalue weighted by atomic mass is 10.1. The van der Waals surface area contributed by atoms with Gasteiger partial charge in [-0.05, 0) is 25.1 Å². The Morgan fingerprint density at radius 3 is 2.46 bits per heavy atom. The topological polar surface area (TPSA) is 30.2 Å². The lowest BCUT2D eigenvalue weighted by Crippen LogP contribution is -1.92. The molecule has 0 saturated carbocycles. The van der Waals surface area contributed by atoms with Crippen molar-refractivity contribution < 1.29 is 0 Å². The van der Waals surface area contributed by atoms with E-state index in [1.165, 1.54) is 5.56 Å². The maximum Gasteiger partial charge on any atom is 0.137 e. The van der Waals surface area contributed by atoms with Gasteiger partial charge in [0, 0.05) is 17.1 Å². The van der Waals surface area contributed by atoms with Crippen LogP contribution in [0.3, 0.4) is 0 Å². The molecule has 0 amide bonds. The molecule has 5 rings (SSSR count). The van der Waals surface area contributed by atoms with Gasteiger partial charge in [0.2, 0.25) is 0 Å². The number of para-hydroxylation sites is 1. The molecule has 0 aliphatic heterocycles. The van der Waals surface area contributed by atoms with E-state index in [2.05, 4.69) is 53.9 Å². The SMILES string of the molecule is Cc1ccc(-c2nc3ccccc3c3nc4ccccn4c23)cc1. The van der Waals surface area contributed by atoms with E-state index in [0.29, 0.717) is 0 Å². The van der Waals surface area contributed by atoms with E-state index >= 15 is 0 Å². The first-order valence-electron chi connectivity index (χ1n) is 8.04. The standard InChI is InChI=1S/C21H15N3/c1-14-9-11-15(12-10-14)19-21-20(16-6-2-3-7-17(16)22-19)23-18-8-4-5-13-24(18)21/h2-13H,1H3. The summed E-state index contributed by atoms with van der Waals surface area (Å²) in [6, 6.07) is 22.8. The number of hydrogen-bond acceptors (Lipinski definition) is 2. The summed E-state index contributed by atoms with van der Waals surface area (Å²) in [7, 11) is 0. The molecule has 3 heteroatoms. The van der Waals surface area contributed by atoms with Gasteiger partial charge in [0.25, 0.3) is 0 Å². The van der Waals surface area contributed by atoms with Crippen LogP contribution in [0.5, 0.6) is 0 Å². The van der Waals surface area contributed by atoms with E-state index in [9.17, 15) is 0 Å². The Balaban J connectivity index is 2.01. The Morgan fingerprint density at radius 1 is 0.792 bits per heavy atom. The second-order valence-electron chi connectivity index (χ2n) is 6.08. The zero-order chi connectivity index (χ0) is 16.1. The predicted molar refractivity (Wildman–Crippen MR) is 98.2 cm³/mol. The number of imidazole rings is 1. The molecule has 0 bridgehead atoms. The van der Waals surface area contributed by atoms with E-state index in [1.54, 1.807) is 0 Å². The number of hydrogen-bond donors (Lipinski definition) is 0. The van der Waals surface area contributed by atoms with Crippen molar-refractivity contribution in [2.45, 2.75) is 6.92 Å². The molecule has 0 fully saturated rings. The fourth-order valence-corrected chi connectivity index (χ4v) is 3.27. The number of rotatable bonds is 1. The third kappa shape index (κ3) is 1.85. The van der Waals surface area contributed by atoms with E-state index in [-0.39, 0.29) is 0 Å². The van der Waals surface area contributed by atoms with Crippen molar-refractivity contribution in [2.75, 3.05) is 0 Å². The number of pyridine rings is 2. The average molecular weight is 309 g/mol. The van der Waals surface area contributed by atoms with Crippen LogP contribution in [0.25, 0.3) is 38.8 Å². The summed E-state index contributed by atoms with van der Waals surface area (Å²) in [5.74, 6) is 0. The van der Waals surface area contributed by atoms with E-state index in [0.717, 1.165) is 38.8 Å². The van der Waals surface area contributed by atoms with Crippen LogP contribution >= 0.6 is 0 Å². The van der Waals surface area contributed by atoms with Crippen LogP contribution in [0.4, 0.5) is 0 Å². The van der Waals surface area contributed by atoms with E-state index in [4.69, 9.17) is 9.97 Å². The average Bonchev–Trinajstić information content (AvgIpc) is 3.02. The van der Waals surface area contributed by atoms with E-state index < -0.39 is 0 Å². The summed E-state index contributed by atoms with van der Waals surface area (Å²) in [6.07, 6.45) is 2.05. The van der Waals surface area contributed by atoms with Crippen LogP contribution in [0, 0.1) is 6.92 Å². The molecule has 24 heavy (non-hydrogen) atoms. The van der Waals surface area contributed by atoms with Gasteiger partial charge in [-0.25, -0.2) is 9.97 Å². The number of aryl methyl sites for hydroxylation is 1. The molecule has 3 heterocycles. The number of fused-ring (bicyclic) bond motifs is 5. The third-order valence-electron chi connectivity index (χ3n) is 4.47. The van der Waals surface area contributed by atoms with E-state index in [1.807, 2.05) is 30.3 Å². The van der Waals surface area contributed by atoms with Gasteiger partial charge in [-0.15, -0.1) is 0 Å². The van der Waals surface area contributed by atoms with Gasteiger partial charge in [0.1, 0.15) is 11.2 Å². The predicted octanol–water partition coefficient (Wildman–Crippen LogP) is 5.01. The molecule has 0 unspecified atom stereocenters. The van der Waals surface area contributed by atoms with Crippen molar-refractivity contribution >= 4 is 27.6 Å². The Morgan fingerprint density at radius 2 is 1.58 bits per heavy atom. The van der Waals surface area contributed by atoms with Crippen molar-refractivity contribution in [3.63, 3.8) is 0 Å². The Hall–Kier alpha value is -3.20. The molecule has 0 spiro atoms. The van der Waals surface area contributed by atoms with Crippen molar-refractivity contribution in [2.24, 2.45) is 0 Å². The molecule has 5 aromatic rings. The molecule has 0 N–H and O–H groups in total. The minimum atomic E-state index is 0.944. The zero-order valence-corrected chi connectivity index (χ0v) is 13.3. The molecule has 0 radical (unpaired) electrons. The van der Waals surface area contributed by atoms with Crippen LogP contribution < -0.4 is 0 Å². The van der Waals surface area contributed by atoms with Crippen LogP contribution in [-0.2, 0) is 0 Å². The normalized spacial score (nSPS) is 11.5. The van der Waals surface area contributed by atoms with Gasteiger partial charge in [0.05, 0.1) is 16.7 Å². The molecule has 0 aliphatic rings. The number of aromatic nitrogens is 3. The van der Waals surface area contributed by atoms with Gasteiger partial charge >= 0.3 is 0 Å². The molecule has 2 aromatic carbocycles. The maximum atomic E-state index is 4.96. The number of nitrogens with zero attached hydrogens (tertiary/aromatic N) is 3. The Labute approximate surface area is 139 Å². The fourth-order valence-electron chi connectivity index (χ4n) is 3.27. The molecular weight excluding hydrogens is 294 g/mol. The highest BCUT2D eigenvalue weighted by Crippen LogP contribution is 2.32. The minimum Gasteiger partial charge on any atom is -0.298 e. The smallest absolute Gasteiger partial charge is 0.137 e. The monoisotopic (exact) mass is 309 g/mol.